The number of alkyl halides is 3. The molecule has 1 aliphatic carbocycles. The van der Waals surface area contributed by atoms with E-state index in [0.29, 0.717) is 35.8 Å². The van der Waals surface area contributed by atoms with Crippen molar-refractivity contribution in [2.24, 2.45) is 5.92 Å². The first kappa shape index (κ1) is 21.9. The molecule has 2 N–H and O–H groups in total. The van der Waals surface area contributed by atoms with Gasteiger partial charge in [0.2, 0.25) is 5.91 Å². The summed E-state index contributed by atoms with van der Waals surface area (Å²) in [6, 6.07) is 3.74. The lowest BCUT2D eigenvalue weighted by atomic mass is 9.87. The minimum Gasteiger partial charge on any atom is -0.356 e. The van der Waals surface area contributed by atoms with Crippen molar-refractivity contribution in [2.45, 2.75) is 31.9 Å². The molecule has 4 aromatic heterocycles. The standard InChI is InChI=1S/C21H18ClF3N6OS/c22-14-9-31-12(3-5-29-31)8-15(14)30-18-17-13-2-1-11(19(32)26-6-4-21(23,24)25)7-16(13)33-20(17)28-10-27-18/h3,5,8-11H,1-2,4,6-7H2,(H,26,32)(H,27,28,30). The van der Waals surface area contributed by atoms with Gasteiger partial charge in [-0.15, -0.1) is 11.3 Å². The van der Waals surface area contributed by atoms with Crippen molar-refractivity contribution >= 4 is 56.1 Å². The van der Waals surface area contributed by atoms with E-state index in [2.05, 4.69) is 25.7 Å². The van der Waals surface area contributed by atoms with Crippen LogP contribution in [-0.4, -0.2) is 38.2 Å². The number of thiophene rings is 1. The first-order chi connectivity index (χ1) is 15.8. The Bertz CT molecular complexity index is 1350. The first-order valence-corrected chi connectivity index (χ1v) is 11.5. The number of rotatable bonds is 5. The molecule has 0 saturated carbocycles. The van der Waals surface area contributed by atoms with E-state index >= 15 is 0 Å². The molecule has 0 aliphatic heterocycles. The van der Waals surface area contributed by atoms with E-state index in [1.54, 1.807) is 16.9 Å². The summed E-state index contributed by atoms with van der Waals surface area (Å²) in [5, 5.41) is 11.3. The number of fused-ring (bicyclic) bond motifs is 4. The monoisotopic (exact) mass is 494 g/mol. The van der Waals surface area contributed by atoms with Crippen molar-refractivity contribution in [3.63, 3.8) is 0 Å². The molecule has 1 unspecified atom stereocenters. The molecule has 7 nitrogen and oxygen atoms in total. The molecule has 1 aliphatic rings. The highest BCUT2D eigenvalue weighted by Crippen LogP contribution is 2.41. The molecule has 33 heavy (non-hydrogen) atoms. The maximum atomic E-state index is 12.4. The fourth-order valence-corrected chi connectivity index (χ4v) is 5.53. The molecule has 1 atom stereocenters. The molecule has 0 radical (unpaired) electrons. The molecule has 4 aromatic rings. The number of hydrogen-bond donors (Lipinski definition) is 2. The molecule has 1 amide bonds. The third-order valence-electron chi connectivity index (χ3n) is 5.66. The second-order valence-corrected chi connectivity index (χ2v) is 9.35. The van der Waals surface area contributed by atoms with Crippen LogP contribution >= 0.6 is 22.9 Å². The van der Waals surface area contributed by atoms with Crippen LogP contribution in [0.3, 0.4) is 0 Å². The van der Waals surface area contributed by atoms with Crippen molar-refractivity contribution in [3.8, 4) is 0 Å². The molecular weight excluding hydrogens is 477 g/mol. The van der Waals surface area contributed by atoms with E-state index in [0.717, 1.165) is 26.2 Å². The van der Waals surface area contributed by atoms with Crippen LogP contribution in [0.25, 0.3) is 15.7 Å². The first-order valence-electron chi connectivity index (χ1n) is 10.3. The SMILES string of the molecule is O=C(NCCC(F)(F)F)C1CCc2c(sc3ncnc(Nc4cc5ccnn5cc4Cl)c23)C1. The molecule has 12 heteroatoms. The number of anilines is 2. The fourth-order valence-electron chi connectivity index (χ4n) is 4.06. The van der Waals surface area contributed by atoms with Crippen LogP contribution < -0.4 is 10.6 Å². The van der Waals surface area contributed by atoms with Gasteiger partial charge in [-0.2, -0.15) is 18.3 Å². The zero-order valence-corrected chi connectivity index (χ0v) is 18.7. The predicted molar refractivity (Wildman–Crippen MR) is 120 cm³/mol. The average Bonchev–Trinajstić information content (AvgIpc) is 3.36. The van der Waals surface area contributed by atoms with Crippen molar-refractivity contribution in [1.29, 1.82) is 0 Å². The molecule has 0 bridgehead atoms. The summed E-state index contributed by atoms with van der Waals surface area (Å²) < 4.78 is 38.8. The van der Waals surface area contributed by atoms with Gasteiger partial charge >= 0.3 is 6.18 Å². The highest BCUT2D eigenvalue weighted by Gasteiger charge is 2.31. The summed E-state index contributed by atoms with van der Waals surface area (Å²) in [4.78, 5) is 23.0. The average molecular weight is 495 g/mol. The lowest BCUT2D eigenvalue weighted by Crippen LogP contribution is -2.35. The van der Waals surface area contributed by atoms with Crippen molar-refractivity contribution in [2.75, 3.05) is 11.9 Å². The summed E-state index contributed by atoms with van der Waals surface area (Å²) in [7, 11) is 0. The largest absolute Gasteiger partial charge is 0.390 e. The van der Waals surface area contributed by atoms with Crippen LogP contribution in [0, 0.1) is 5.92 Å². The maximum Gasteiger partial charge on any atom is 0.390 e. The Balaban J connectivity index is 1.38. The van der Waals surface area contributed by atoms with Gasteiger partial charge in [-0.1, -0.05) is 11.6 Å². The van der Waals surface area contributed by atoms with E-state index in [9.17, 15) is 18.0 Å². The van der Waals surface area contributed by atoms with Gasteiger partial charge in [0.1, 0.15) is 17.0 Å². The molecule has 172 valence electrons. The molecular formula is C21H18ClF3N6OS. The Hall–Kier alpha value is -2.92. The van der Waals surface area contributed by atoms with Crippen LogP contribution in [0.4, 0.5) is 24.7 Å². The Labute approximate surface area is 195 Å². The third-order valence-corrected chi connectivity index (χ3v) is 7.13. The maximum absolute atomic E-state index is 12.4. The number of aryl methyl sites for hydroxylation is 1. The Kier molecular flexibility index (Phi) is 5.61. The number of carbonyl (C=O) groups is 1. The smallest absolute Gasteiger partial charge is 0.356 e. The lowest BCUT2D eigenvalue weighted by Gasteiger charge is -2.22. The fraction of sp³-hybridized carbons (Fsp3) is 0.333. The number of nitrogens with zero attached hydrogens (tertiary/aromatic N) is 4. The summed E-state index contributed by atoms with van der Waals surface area (Å²) in [6.07, 6.45) is 1.18. The van der Waals surface area contributed by atoms with Crippen molar-refractivity contribution in [1.82, 2.24) is 24.9 Å². The summed E-state index contributed by atoms with van der Waals surface area (Å²) >= 11 is 7.91. The molecule has 5 rings (SSSR count). The number of halogens is 4. The summed E-state index contributed by atoms with van der Waals surface area (Å²) in [5.41, 5.74) is 2.63. The second-order valence-electron chi connectivity index (χ2n) is 7.86. The van der Waals surface area contributed by atoms with E-state index in [4.69, 9.17) is 11.6 Å². The molecule has 0 spiro atoms. The predicted octanol–water partition coefficient (Wildman–Crippen LogP) is 4.91. The third kappa shape index (κ3) is 4.47. The second kappa shape index (κ2) is 8.45. The van der Waals surface area contributed by atoms with E-state index < -0.39 is 19.1 Å². The highest BCUT2D eigenvalue weighted by molar-refractivity contribution is 7.19. The number of carbonyl (C=O) groups excluding carboxylic acids is 1. The molecule has 0 fully saturated rings. The van der Waals surface area contributed by atoms with Gasteiger partial charge in [-0.05, 0) is 37.0 Å². The van der Waals surface area contributed by atoms with Crippen molar-refractivity contribution in [3.05, 3.63) is 46.3 Å². The van der Waals surface area contributed by atoms with Crippen LogP contribution in [-0.2, 0) is 17.6 Å². The van der Waals surface area contributed by atoms with Gasteiger partial charge in [0, 0.05) is 29.7 Å². The van der Waals surface area contributed by atoms with E-state index in [-0.39, 0.29) is 11.8 Å². The number of nitrogens with one attached hydrogen (secondary N) is 2. The van der Waals surface area contributed by atoms with E-state index in [1.165, 1.54) is 17.7 Å². The van der Waals surface area contributed by atoms with Crippen molar-refractivity contribution < 1.29 is 18.0 Å². The zero-order chi connectivity index (χ0) is 23.2. The van der Waals surface area contributed by atoms with Gasteiger partial charge in [-0.3, -0.25) is 4.79 Å². The number of pyridine rings is 1. The van der Waals surface area contributed by atoms with Gasteiger partial charge in [-0.25, -0.2) is 14.5 Å². The number of aromatic nitrogens is 4. The summed E-state index contributed by atoms with van der Waals surface area (Å²) in [5.74, 6) is -0.0779. The van der Waals surface area contributed by atoms with Crippen LogP contribution in [0.1, 0.15) is 23.3 Å². The van der Waals surface area contributed by atoms with Gasteiger partial charge < -0.3 is 10.6 Å². The van der Waals surface area contributed by atoms with Gasteiger partial charge in [0.05, 0.1) is 28.0 Å². The van der Waals surface area contributed by atoms with Gasteiger partial charge in [0.25, 0.3) is 0 Å². The van der Waals surface area contributed by atoms with Crippen LogP contribution in [0.2, 0.25) is 5.02 Å². The minimum atomic E-state index is -4.29. The van der Waals surface area contributed by atoms with Gasteiger partial charge in [0.15, 0.2) is 0 Å². The van der Waals surface area contributed by atoms with Crippen LogP contribution in [0.15, 0.2) is 30.9 Å². The van der Waals surface area contributed by atoms with Crippen LogP contribution in [0.5, 0.6) is 0 Å². The Morgan fingerprint density at radius 2 is 2.18 bits per heavy atom. The summed E-state index contributed by atoms with van der Waals surface area (Å²) in [6.45, 7) is -0.403. The zero-order valence-electron chi connectivity index (χ0n) is 17.1. The number of amides is 1. The normalized spacial score (nSPS) is 16.2. The van der Waals surface area contributed by atoms with E-state index in [1.807, 2.05) is 12.1 Å². The topological polar surface area (TPSA) is 84.2 Å². The minimum absolute atomic E-state index is 0.340. The molecule has 0 saturated heterocycles. The Morgan fingerprint density at radius 3 is 3.00 bits per heavy atom. The molecule has 4 heterocycles. The Morgan fingerprint density at radius 1 is 1.33 bits per heavy atom. The quantitative estimate of drug-likeness (QED) is 0.412. The number of hydrogen-bond acceptors (Lipinski definition) is 6. The lowest BCUT2D eigenvalue weighted by molar-refractivity contribution is -0.136. The molecule has 0 aromatic carbocycles. The highest BCUT2D eigenvalue weighted by atomic mass is 35.5.